The Kier molecular flexibility index (Phi) is 8.79. The molecule has 266 valence electrons. The van der Waals surface area contributed by atoms with Gasteiger partial charge in [0.25, 0.3) is 0 Å². The van der Waals surface area contributed by atoms with Crippen molar-refractivity contribution >= 4 is 35.5 Å². The molecule has 12 nitrogen and oxygen atoms in total. The second-order valence-corrected chi connectivity index (χ2v) is 13.6. The molecule has 7 rings (SSSR count). The third kappa shape index (κ3) is 5.20. The first-order valence-corrected chi connectivity index (χ1v) is 17.0. The lowest BCUT2D eigenvalue weighted by Gasteiger charge is -2.46. The van der Waals surface area contributed by atoms with E-state index < -0.39 is 77.3 Å². The van der Waals surface area contributed by atoms with E-state index in [9.17, 15) is 24.3 Å². The van der Waals surface area contributed by atoms with Crippen molar-refractivity contribution in [3.05, 3.63) is 131 Å². The van der Waals surface area contributed by atoms with Crippen LogP contribution in [0.4, 0.5) is 10.5 Å². The molecule has 2 saturated heterocycles. The molecule has 3 heterocycles. The first kappa shape index (κ1) is 34.4. The van der Waals surface area contributed by atoms with Gasteiger partial charge in [-0.3, -0.25) is 19.3 Å². The number of imide groups is 1. The molecule has 7 unspecified atom stereocenters. The zero-order chi connectivity index (χ0) is 36.9. The maximum absolute atomic E-state index is 15.5. The molecule has 0 aromatic heterocycles. The number of para-hydroxylation sites is 1. The van der Waals surface area contributed by atoms with Crippen molar-refractivity contribution < 1.29 is 38.6 Å². The number of urea groups is 1. The van der Waals surface area contributed by atoms with Crippen molar-refractivity contribution in [3.63, 3.8) is 0 Å². The molecule has 4 amide bonds. The normalized spacial score (nSPS) is 25.7. The van der Waals surface area contributed by atoms with Crippen LogP contribution in [-0.4, -0.2) is 59.0 Å². The van der Waals surface area contributed by atoms with Crippen LogP contribution in [0.2, 0.25) is 0 Å². The zero-order valence-corrected chi connectivity index (χ0v) is 28.7. The number of hydrogen-bond donors (Lipinski definition) is 3. The highest BCUT2D eigenvalue weighted by Crippen LogP contribution is 2.65. The molecular weight excluding hydrogens is 664 g/mol. The third-order valence-corrected chi connectivity index (χ3v) is 10.5. The number of esters is 2. The van der Waals surface area contributed by atoms with Crippen LogP contribution < -0.4 is 16.0 Å². The molecule has 52 heavy (non-hydrogen) atoms. The number of amides is 4. The maximum Gasteiger partial charge on any atom is 0.329 e. The smallest absolute Gasteiger partial charge is 0.329 e. The summed E-state index contributed by atoms with van der Waals surface area (Å²) in [5.74, 6) is -5.20. The minimum Gasteiger partial charge on any atom is -0.508 e. The number of aromatic hydroxyl groups is 1. The quantitative estimate of drug-likeness (QED) is 0.236. The highest BCUT2D eigenvalue weighted by atomic mass is 16.6. The Bertz CT molecular complexity index is 2040. The van der Waals surface area contributed by atoms with Gasteiger partial charge in [0.15, 0.2) is 0 Å². The second kappa shape index (κ2) is 13.3. The molecule has 2 fully saturated rings. The molecule has 1 spiro atoms. The summed E-state index contributed by atoms with van der Waals surface area (Å²) >= 11 is 0. The Labute approximate surface area is 300 Å². The van der Waals surface area contributed by atoms with E-state index in [1.165, 1.54) is 19.2 Å². The Hall–Kier alpha value is -6.01. The van der Waals surface area contributed by atoms with Crippen LogP contribution in [0.5, 0.6) is 5.75 Å². The van der Waals surface area contributed by atoms with E-state index in [0.717, 1.165) is 10.5 Å². The monoisotopic (exact) mass is 702 g/mol. The molecule has 0 bridgehead atoms. The average molecular weight is 703 g/mol. The number of fused-ring (bicyclic) bond motifs is 3. The number of ether oxygens (including phenoxy) is 2. The predicted molar refractivity (Wildman–Crippen MR) is 188 cm³/mol. The van der Waals surface area contributed by atoms with Gasteiger partial charge in [0.2, 0.25) is 11.8 Å². The summed E-state index contributed by atoms with van der Waals surface area (Å²) in [6.07, 6.45) is -0.881. The zero-order valence-electron chi connectivity index (χ0n) is 28.7. The van der Waals surface area contributed by atoms with Crippen LogP contribution in [0.15, 0.2) is 109 Å². The predicted octanol–water partition coefficient (Wildman–Crippen LogP) is 4.45. The number of nitrogens with one attached hydrogen (secondary N) is 1. The number of cyclic esters (lactones) is 1. The van der Waals surface area contributed by atoms with E-state index in [0.29, 0.717) is 16.7 Å². The standard InChI is InChI=1S/C40H38N4O8/c1-22(2)30(36(47)51-3)42-39(50)43-28-17-11-10-16-27(28)40(38(43)49)29(35(41)46)32-37(48)52-33(24-14-8-5-9-15-24)31(23-12-6-4-7-13-23)44(32)34(40)25-18-20-26(45)21-19-25/h4-22,29-34,45H,1-3H3,(H2,41,46)(H,42,50). The summed E-state index contributed by atoms with van der Waals surface area (Å²) in [4.78, 5) is 73.9. The Morgan fingerprint density at radius 1 is 0.827 bits per heavy atom. The topological polar surface area (TPSA) is 169 Å². The molecule has 0 radical (unpaired) electrons. The first-order valence-electron chi connectivity index (χ1n) is 17.0. The Morgan fingerprint density at radius 2 is 1.42 bits per heavy atom. The lowest BCUT2D eigenvalue weighted by Crippen LogP contribution is -2.57. The van der Waals surface area contributed by atoms with Gasteiger partial charge in [0.05, 0.1) is 30.8 Å². The van der Waals surface area contributed by atoms with Crippen molar-refractivity contribution in [2.45, 2.75) is 49.5 Å². The molecule has 7 atom stereocenters. The number of carbonyl (C=O) groups is 5. The summed E-state index contributed by atoms with van der Waals surface area (Å²) in [7, 11) is 1.20. The fourth-order valence-corrected chi connectivity index (χ4v) is 8.37. The van der Waals surface area contributed by atoms with Gasteiger partial charge in [-0.25, -0.2) is 14.5 Å². The number of methoxy groups -OCH3 is 1. The lowest BCUT2D eigenvalue weighted by atomic mass is 9.65. The summed E-state index contributed by atoms with van der Waals surface area (Å²) < 4.78 is 11.2. The van der Waals surface area contributed by atoms with Crippen LogP contribution >= 0.6 is 0 Å². The Morgan fingerprint density at radius 3 is 2.02 bits per heavy atom. The number of phenols is 1. The third-order valence-electron chi connectivity index (χ3n) is 10.5. The Balaban J connectivity index is 1.51. The number of hydrogen-bond acceptors (Lipinski definition) is 9. The molecule has 4 N–H and O–H groups in total. The number of anilines is 1. The van der Waals surface area contributed by atoms with E-state index in [4.69, 9.17) is 15.2 Å². The molecule has 0 saturated carbocycles. The summed E-state index contributed by atoms with van der Waals surface area (Å²) in [5, 5.41) is 13.0. The number of morpholine rings is 1. The number of phenolic OH excluding ortho intramolecular Hbond substituents is 1. The SMILES string of the molecule is COC(=O)C(NC(=O)N1C(=O)C2(c3ccccc31)C(C(N)=O)C1C(=O)OC(c3ccccc3)C(c3ccccc3)N1C2c1ccc(O)cc1)C(C)C. The van der Waals surface area contributed by atoms with E-state index in [1.54, 1.807) is 50.2 Å². The van der Waals surface area contributed by atoms with Crippen molar-refractivity contribution in [1.29, 1.82) is 0 Å². The maximum atomic E-state index is 15.5. The van der Waals surface area contributed by atoms with Gasteiger partial charge in [0, 0.05) is 0 Å². The minimum absolute atomic E-state index is 0.0414. The summed E-state index contributed by atoms with van der Waals surface area (Å²) in [5.41, 5.74) is 6.69. The largest absolute Gasteiger partial charge is 0.508 e. The molecule has 4 aromatic rings. The van der Waals surface area contributed by atoms with E-state index in [1.807, 2.05) is 65.6 Å². The molecule has 4 aromatic carbocycles. The molecule has 3 aliphatic rings. The van der Waals surface area contributed by atoms with Crippen LogP contribution in [0.3, 0.4) is 0 Å². The average Bonchev–Trinajstić information content (AvgIpc) is 3.61. The number of nitrogens with two attached hydrogens (primary N) is 1. The number of carbonyl (C=O) groups excluding carboxylic acids is 5. The first-order chi connectivity index (χ1) is 25.0. The van der Waals surface area contributed by atoms with E-state index in [2.05, 4.69) is 5.32 Å². The molecule has 0 aliphatic carbocycles. The van der Waals surface area contributed by atoms with Gasteiger partial charge >= 0.3 is 18.0 Å². The molecular formula is C40H38N4O8. The second-order valence-electron chi connectivity index (χ2n) is 13.6. The number of nitrogens with zero attached hydrogens (tertiary/aromatic N) is 2. The fourth-order valence-electron chi connectivity index (χ4n) is 8.37. The van der Waals surface area contributed by atoms with Gasteiger partial charge in [-0.2, -0.15) is 0 Å². The lowest BCUT2D eigenvalue weighted by molar-refractivity contribution is -0.178. The molecule has 12 heteroatoms. The van der Waals surface area contributed by atoms with Crippen LogP contribution in [-0.2, 0) is 34.1 Å². The van der Waals surface area contributed by atoms with Crippen molar-refractivity contribution in [1.82, 2.24) is 10.2 Å². The van der Waals surface area contributed by atoms with Gasteiger partial charge in [-0.05, 0) is 46.4 Å². The summed E-state index contributed by atoms with van der Waals surface area (Å²) in [6, 6.07) is 26.0. The summed E-state index contributed by atoms with van der Waals surface area (Å²) in [6.45, 7) is 3.45. The van der Waals surface area contributed by atoms with Crippen LogP contribution in [0.25, 0.3) is 0 Å². The number of rotatable bonds is 7. The molecule has 3 aliphatic heterocycles. The van der Waals surface area contributed by atoms with Crippen molar-refractivity contribution in [2.24, 2.45) is 17.6 Å². The van der Waals surface area contributed by atoms with Gasteiger partial charge in [0.1, 0.15) is 29.4 Å². The highest BCUT2D eigenvalue weighted by molar-refractivity contribution is 6.25. The van der Waals surface area contributed by atoms with Crippen molar-refractivity contribution in [3.8, 4) is 5.75 Å². The van der Waals surface area contributed by atoms with Crippen LogP contribution in [0.1, 0.15) is 54.3 Å². The van der Waals surface area contributed by atoms with Gasteiger partial charge < -0.3 is 25.6 Å². The fraction of sp³-hybridized carbons (Fsp3) is 0.275. The minimum atomic E-state index is -1.96. The van der Waals surface area contributed by atoms with Crippen molar-refractivity contribution in [2.75, 3.05) is 12.0 Å². The number of benzene rings is 4. The van der Waals surface area contributed by atoms with E-state index >= 15 is 4.79 Å². The van der Waals surface area contributed by atoms with Gasteiger partial charge in [-0.1, -0.05) is 105 Å². The van der Waals surface area contributed by atoms with Gasteiger partial charge in [-0.15, -0.1) is 0 Å². The van der Waals surface area contributed by atoms with Crippen LogP contribution in [0, 0.1) is 11.8 Å². The number of primary amides is 1. The van der Waals surface area contributed by atoms with E-state index in [-0.39, 0.29) is 11.4 Å². The highest BCUT2D eigenvalue weighted by Gasteiger charge is 2.75.